The van der Waals surface area contributed by atoms with E-state index in [1.807, 2.05) is 0 Å². The standard InChI is InChI=1S/C23H20Cl2F3NO2/c1-13(7-21(30)29-19-3-2-4-19)14-5-6-20-15(8-14)12-22(31-20,23(26,27)28)16-9-17(24)11-18(25)10-16/h5-11,19H,2-4,12H2,1H3,(H,29,30)/b13-7-. The van der Waals surface area contributed by atoms with Crippen LogP contribution in [-0.2, 0) is 16.8 Å². The molecule has 4 rings (SSSR count). The van der Waals surface area contributed by atoms with Crippen molar-refractivity contribution in [3.05, 3.63) is 69.2 Å². The Bertz CT molecular complexity index is 1040. The molecule has 1 aliphatic heterocycles. The normalized spacial score (nSPS) is 21.3. The molecule has 1 N–H and O–H groups in total. The predicted octanol–water partition coefficient (Wildman–Crippen LogP) is 6.46. The van der Waals surface area contributed by atoms with Crippen molar-refractivity contribution in [2.24, 2.45) is 0 Å². The minimum atomic E-state index is -4.70. The number of allylic oxidation sites excluding steroid dienone is 1. The molecule has 0 aromatic heterocycles. The summed E-state index contributed by atoms with van der Waals surface area (Å²) in [6, 6.07) is 8.83. The van der Waals surface area contributed by atoms with Crippen LogP contribution in [-0.4, -0.2) is 18.1 Å². The van der Waals surface area contributed by atoms with Crippen LogP contribution in [0, 0.1) is 0 Å². The van der Waals surface area contributed by atoms with E-state index in [2.05, 4.69) is 5.32 Å². The van der Waals surface area contributed by atoms with E-state index in [0.717, 1.165) is 19.3 Å². The molecule has 2 aromatic carbocycles. The van der Waals surface area contributed by atoms with E-state index in [1.165, 1.54) is 30.3 Å². The summed E-state index contributed by atoms with van der Waals surface area (Å²) in [5.74, 6) is -0.0546. The molecule has 2 aromatic rings. The Balaban J connectivity index is 1.64. The van der Waals surface area contributed by atoms with Gasteiger partial charge >= 0.3 is 6.18 Å². The third kappa shape index (κ3) is 4.28. The largest absolute Gasteiger partial charge is 0.472 e. The molecule has 0 spiro atoms. The number of carbonyl (C=O) groups is 1. The van der Waals surface area contributed by atoms with E-state index >= 15 is 0 Å². The highest BCUT2D eigenvalue weighted by atomic mass is 35.5. The molecule has 1 aliphatic carbocycles. The number of halogens is 5. The van der Waals surface area contributed by atoms with Gasteiger partial charge in [-0.2, -0.15) is 13.2 Å². The van der Waals surface area contributed by atoms with Crippen molar-refractivity contribution in [2.75, 3.05) is 0 Å². The SMILES string of the molecule is C/C(=C/C(=O)NC1CCC1)c1ccc2c(c1)CC(c1cc(Cl)cc(Cl)c1)(C(F)(F)F)O2. The molecular formula is C23H20Cl2F3NO2. The molecule has 2 aliphatic rings. The fourth-order valence-corrected chi connectivity index (χ4v) is 4.43. The summed E-state index contributed by atoms with van der Waals surface area (Å²) in [6.45, 7) is 1.76. The van der Waals surface area contributed by atoms with Crippen molar-refractivity contribution in [2.45, 2.75) is 50.4 Å². The molecule has 0 saturated heterocycles. The van der Waals surface area contributed by atoms with Crippen molar-refractivity contribution in [3.63, 3.8) is 0 Å². The molecule has 1 atom stereocenters. The smallest absolute Gasteiger partial charge is 0.432 e. The Morgan fingerprint density at radius 1 is 1.16 bits per heavy atom. The van der Waals surface area contributed by atoms with Gasteiger partial charge in [-0.25, -0.2) is 0 Å². The number of amides is 1. The Morgan fingerprint density at radius 3 is 2.42 bits per heavy atom. The van der Waals surface area contributed by atoms with E-state index in [4.69, 9.17) is 27.9 Å². The molecule has 0 radical (unpaired) electrons. The lowest BCUT2D eigenvalue weighted by molar-refractivity contribution is -0.248. The molecule has 8 heteroatoms. The van der Waals surface area contributed by atoms with Gasteiger partial charge in [-0.1, -0.05) is 29.3 Å². The van der Waals surface area contributed by atoms with Gasteiger partial charge in [0.15, 0.2) is 0 Å². The van der Waals surface area contributed by atoms with Gasteiger partial charge in [0.2, 0.25) is 11.5 Å². The summed E-state index contributed by atoms with van der Waals surface area (Å²) >= 11 is 11.9. The van der Waals surface area contributed by atoms with Gasteiger partial charge in [0.25, 0.3) is 0 Å². The maximum absolute atomic E-state index is 14.2. The second-order valence-electron chi connectivity index (χ2n) is 8.05. The summed E-state index contributed by atoms with van der Waals surface area (Å²) in [5.41, 5.74) is -1.01. The number of hydrogen-bond donors (Lipinski definition) is 1. The van der Waals surface area contributed by atoms with Crippen molar-refractivity contribution < 1.29 is 22.7 Å². The molecule has 1 unspecified atom stereocenters. The van der Waals surface area contributed by atoms with Crippen LogP contribution in [0.2, 0.25) is 10.0 Å². The van der Waals surface area contributed by atoms with Gasteiger partial charge in [0.05, 0.1) is 0 Å². The van der Waals surface area contributed by atoms with Crippen LogP contribution in [0.25, 0.3) is 5.57 Å². The van der Waals surface area contributed by atoms with E-state index < -0.39 is 18.2 Å². The van der Waals surface area contributed by atoms with Crippen LogP contribution in [0.3, 0.4) is 0 Å². The van der Waals surface area contributed by atoms with E-state index in [0.29, 0.717) is 16.7 Å². The van der Waals surface area contributed by atoms with Gasteiger partial charge < -0.3 is 10.1 Å². The Morgan fingerprint density at radius 2 is 1.84 bits per heavy atom. The zero-order valence-electron chi connectivity index (χ0n) is 16.7. The topological polar surface area (TPSA) is 38.3 Å². The first-order valence-corrected chi connectivity index (χ1v) is 10.7. The highest BCUT2D eigenvalue weighted by molar-refractivity contribution is 6.34. The Labute approximate surface area is 188 Å². The fraction of sp³-hybridized carbons (Fsp3) is 0.348. The van der Waals surface area contributed by atoms with Crippen LogP contribution in [0.15, 0.2) is 42.5 Å². The molecule has 0 bridgehead atoms. The average molecular weight is 470 g/mol. The summed E-state index contributed by atoms with van der Waals surface area (Å²) in [5, 5.41) is 3.12. The van der Waals surface area contributed by atoms with Gasteiger partial charge in [-0.05, 0) is 73.2 Å². The molecule has 1 heterocycles. The second-order valence-corrected chi connectivity index (χ2v) is 8.92. The summed E-state index contributed by atoms with van der Waals surface area (Å²) in [6.07, 6.45) is -0.587. The fourth-order valence-electron chi connectivity index (χ4n) is 3.90. The molecular weight excluding hydrogens is 450 g/mol. The number of carbonyl (C=O) groups excluding carboxylic acids is 1. The maximum Gasteiger partial charge on any atom is 0.432 e. The molecule has 1 fully saturated rings. The number of benzene rings is 2. The zero-order valence-corrected chi connectivity index (χ0v) is 18.2. The first kappa shape index (κ1) is 22.0. The third-order valence-corrected chi connectivity index (χ3v) is 6.26. The number of rotatable bonds is 4. The molecule has 1 saturated carbocycles. The molecule has 1 amide bonds. The van der Waals surface area contributed by atoms with Gasteiger partial charge in [0, 0.05) is 34.1 Å². The number of ether oxygens (including phenoxy) is 1. The lowest BCUT2D eigenvalue weighted by Crippen LogP contribution is -2.46. The summed E-state index contributed by atoms with van der Waals surface area (Å²) in [7, 11) is 0. The number of fused-ring (bicyclic) bond motifs is 1. The van der Waals surface area contributed by atoms with Crippen molar-refractivity contribution in [1.82, 2.24) is 5.32 Å². The second kappa shape index (κ2) is 8.06. The maximum atomic E-state index is 14.2. The van der Waals surface area contributed by atoms with Gasteiger partial charge in [0.1, 0.15) is 5.75 Å². The van der Waals surface area contributed by atoms with Gasteiger partial charge in [-0.3, -0.25) is 4.79 Å². The van der Waals surface area contributed by atoms with Crippen LogP contribution in [0.5, 0.6) is 5.75 Å². The van der Waals surface area contributed by atoms with Gasteiger partial charge in [-0.15, -0.1) is 0 Å². The van der Waals surface area contributed by atoms with Crippen molar-refractivity contribution in [3.8, 4) is 5.75 Å². The number of alkyl halides is 3. The highest BCUT2D eigenvalue weighted by Crippen LogP contribution is 2.52. The van der Waals surface area contributed by atoms with Crippen LogP contribution >= 0.6 is 23.2 Å². The molecule has 164 valence electrons. The predicted molar refractivity (Wildman–Crippen MR) is 114 cm³/mol. The van der Waals surface area contributed by atoms with E-state index in [1.54, 1.807) is 19.1 Å². The Hall–Kier alpha value is -2.18. The zero-order chi connectivity index (χ0) is 22.4. The monoisotopic (exact) mass is 469 g/mol. The van der Waals surface area contributed by atoms with Crippen LogP contribution < -0.4 is 10.1 Å². The number of nitrogens with one attached hydrogen (secondary N) is 1. The van der Waals surface area contributed by atoms with Crippen LogP contribution in [0.1, 0.15) is 42.9 Å². The van der Waals surface area contributed by atoms with Crippen molar-refractivity contribution >= 4 is 34.7 Å². The van der Waals surface area contributed by atoms with E-state index in [-0.39, 0.29) is 33.3 Å². The average Bonchev–Trinajstić information content (AvgIpc) is 3.04. The first-order valence-electron chi connectivity index (χ1n) is 9.92. The molecule has 31 heavy (non-hydrogen) atoms. The third-order valence-electron chi connectivity index (χ3n) is 5.83. The Kier molecular flexibility index (Phi) is 5.73. The molecule has 3 nitrogen and oxygen atoms in total. The minimum absolute atomic E-state index is 0.0997. The lowest BCUT2D eigenvalue weighted by atomic mass is 9.87. The quantitative estimate of drug-likeness (QED) is 0.521. The first-order chi connectivity index (χ1) is 14.6. The van der Waals surface area contributed by atoms with E-state index in [9.17, 15) is 18.0 Å². The highest BCUT2D eigenvalue weighted by Gasteiger charge is 2.61. The summed E-state index contributed by atoms with van der Waals surface area (Å²) in [4.78, 5) is 12.2. The minimum Gasteiger partial charge on any atom is -0.472 e. The van der Waals surface area contributed by atoms with Crippen LogP contribution in [0.4, 0.5) is 13.2 Å². The summed E-state index contributed by atoms with van der Waals surface area (Å²) < 4.78 is 48.2. The lowest BCUT2D eigenvalue weighted by Gasteiger charge is -2.31. The number of hydrogen-bond acceptors (Lipinski definition) is 2. The van der Waals surface area contributed by atoms with Crippen molar-refractivity contribution in [1.29, 1.82) is 0 Å².